The third-order valence-electron chi connectivity index (χ3n) is 3.30. The van der Waals surface area contributed by atoms with Crippen molar-refractivity contribution in [3.8, 4) is 0 Å². The van der Waals surface area contributed by atoms with Crippen LogP contribution < -0.4 is 5.32 Å². The number of nitrogens with zero attached hydrogens (tertiary/aromatic N) is 1. The zero-order chi connectivity index (χ0) is 14.2. The van der Waals surface area contributed by atoms with Crippen LogP contribution in [0.4, 0.5) is 0 Å². The van der Waals surface area contributed by atoms with E-state index in [0.717, 1.165) is 25.9 Å². The van der Waals surface area contributed by atoms with Gasteiger partial charge in [0.1, 0.15) is 0 Å². The van der Waals surface area contributed by atoms with Crippen LogP contribution in [-0.2, 0) is 17.6 Å². The van der Waals surface area contributed by atoms with Crippen molar-refractivity contribution in [3.63, 3.8) is 0 Å². The summed E-state index contributed by atoms with van der Waals surface area (Å²) in [5.74, 6) is 0. The van der Waals surface area contributed by atoms with E-state index in [-0.39, 0.29) is 0 Å². The second-order valence-electron chi connectivity index (χ2n) is 4.79. The highest BCUT2D eigenvalue weighted by molar-refractivity contribution is 7.09. The molecule has 0 aliphatic rings. The van der Waals surface area contributed by atoms with E-state index >= 15 is 0 Å². The molecule has 1 heterocycles. The first kappa shape index (κ1) is 15.2. The van der Waals surface area contributed by atoms with Gasteiger partial charge in [-0.1, -0.05) is 30.3 Å². The monoisotopic (exact) mass is 290 g/mol. The summed E-state index contributed by atoms with van der Waals surface area (Å²) in [5, 5.41) is 6.76. The molecule has 0 bridgehead atoms. The van der Waals surface area contributed by atoms with Crippen molar-refractivity contribution in [1.82, 2.24) is 10.3 Å². The Kier molecular flexibility index (Phi) is 6.18. The lowest BCUT2D eigenvalue weighted by atomic mass is 10.0. The van der Waals surface area contributed by atoms with E-state index in [2.05, 4.69) is 35.0 Å². The molecule has 4 heteroatoms. The highest BCUT2D eigenvalue weighted by Gasteiger charge is 2.12. The summed E-state index contributed by atoms with van der Waals surface area (Å²) in [4.78, 5) is 4.72. The maximum Gasteiger partial charge on any atom is 0.0929 e. The number of hydrogen-bond acceptors (Lipinski definition) is 4. The SMILES string of the molecule is CNC(Cc1csc(CCCOC)n1)c1ccccc1. The van der Waals surface area contributed by atoms with Gasteiger partial charge < -0.3 is 10.1 Å². The number of thiazole rings is 1. The smallest absolute Gasteiger partial charge is 0.0929 e. The maximum absolute atomic E-state index is 5.08. The van der Waals surface area contributed by atoms with Crippen LogP contribution in [0.3, 0.4) is 0 Å². The summed E-state index contributed by atoms with van der Waals surface area (Å²) >= 11 is 1.75. The van der Waals surface area contributed by atoms with E-state index in [1.807, 2.05) is 13.1 Å². The Labute approximate surface area is 125 Å². The van der Waals surface area contributed by atoms with Crippen LogP contribution in [0.15, 0.2) is 35.7 Å². The van der Waals surface area contributed by atoms with Gasteiger partial charge in [-0.15, -0.1) is 11.3 Å². The van der Waals surface area contributed by atoms with Crippen LogP contribution >= 0.6 is 11.3 Å². The second-order valence-corrected chi connectivity index (χ2v) is 5.73. The summed E-state index contributed by atoms with van der Waals surface area (Å²) in [7, 11) is 3.74. The second kappa shape index (κ2) is 8.15. The Hall–Kier alpha value is -1.23. The van der Waals surface area contributed by atoms with Gasteiger partial charge in [-0.2, -0.15) is 0 Å². The van der Waals surface area contributed by atoms with Gasteiger partial charge >= 0.3 is 0 Å². The van der Waals surface area contributed by atoms with Crippen LogP contribution in [0.2, 0.25) is 0 Å². The molecule has 2 aromatic rings. The normalized spacial score (nSPS) is 12.5. The molecule has 0 amide bonds. The minimum absolute atomic E-state index is 0.324. The van der Waals surface area contributed by atoms with Gasteiger partial charge in [0.05, 0.1) is 10.7 Å². The van der Waals surface area contributed by atoms with Crippen molar-refractivity contribution in [2.24, 2.45) is 0 Å². The summed E-state index contributed by atoms with van der Waals surface area (Å²) in [6.07, 6.45) is 2.98. The third kappa shape index (κ3) is 4.40. The predicted molar refractivity (Wildman–Crippen MR) is 84.3 cm³/mol. The molecule has 20 heavy (non-hydrogen) atoms. The molecular formula is C16H22N2OS. The van der Waals surface area contributed by atoms with E-state index in [1.54, 1.807) is 18.4 Å². The highest BCUT2D eigenvalue weighted by Crippen LogP contribution is 2.20. The van der Waals surface area contributed by atoms with Crippen molar-refractivity contribution >= 4 is 11.3 Å². The molecule has 1 N–H and O–H groups in total. The molecule has 0 radical (unpaired) electrons. The minimum Gasteiger partial charge on any atom is -0.385 e. The number of methoxy groups -OCH3 is 1. The average Bonchev–Trinajstić information content (AvgIpc) is 2.93. The molecule has 2 rings (SSSR count). The van der Waals surface area contributed by atoms with Crippen LogP contribution in [0.5, 0.6) is 0 Å². The fourth-order valence-electron chi connectivity index (χ4n) is 2.21. The summed E-state index contributed by atoms with van der Waals surface area (Å²) in [6, 6.07) is 10.9. The molecule has 3 nitrogen and oxygen atoms in total. The first-order valence-corrected chi connectivity index (χ1v) is 7.86. The number of hydrogen-bond donors (Lipinski definition) is 1. The largest absolute Gasteiger partial charge is 0.385 e. The standard InChI is InChI=1S/C16H22N2OS/c1-17-15(13-7-4-3-5-8-13)11-14-12-20-16(18-14)9-6-10-19-2/h3-5,7-8,12,15,17H,6,9-11H2,1-2H3. The van der Waals surface area contributed by atoms with Crippen molar-refractivity contribution in [2.75, 3.05) is 20.8 Å². The average molecular weight is 290 g/mol. The molecule has 0 fully saturated rings. The quantitative estimate of drug-likeness (QED) is 0.758. The minimum atomic E-state index is 0.324. The van der Waals surface area contributed by atoms with Gasteiger partial charge in [-0.25, -0.2) is 4.98 Å². The molecule has 1 aromatic heterocycles. The first-order valence-electron chi connectivity index (χ1n) is 6.98. The van der Waals surface area contributed by atoms with Crippen molar-refractivity contribution in [3.05, 3.63) is 52.0 Å². The van der Waals surface area contributed by atoms with Gasteiger partial charge in [0.2, 0.25) is 0 Å². The van der Waals surface area contributed by atoms with E-state index < -0.39 is 0 Å². The topological polar surface area (TPSA) is 34.1 Å². The zero-order valence-corrected chi connectivity index (χ0v) is 13.0. The Morgan fingerprint density at radius 1 is 1.30 bits per heavy atom. The molecule has 0 spiro atoms. The van der Waals surface area contributed by atoms with E-state index in [0.29, 0.717) is 6.04 Å². The molecular weight excluding hydrogens is 268 g/mol. The molecule has 0 aliphatic carbocycles. The Morgan fingerprint density at radius 3 is 2.80 bits per heavy atom. The summed E-state index contributed by atoms with van der Waals surface area (Å²) in [6.45, 7) is 0.804. The number of aromatic nitrogens is 1. The third-order valence-corrected chi connectivity index (χ3v) is 4.26. The Morgan fingerprint density at radius 2 is 2.10 bits per heavy atom. The lowest BCUT2D eigenvalue weighted by molar-refractivity contribution is 0.195. The summed E-state index contributed by atoms with van der Waals surface area (Å²) < 4.78 is 5.08. The van der Waals surface area contributed by atoms with Gasteiger partial charge in [0, 0.05) is 38.0 Å². The van der Waals surface area contributed by atoms with E-state index in [4.69, 9.17) is 9.72 Å². The fourth-order valence-corrected chi connectivity index (χ4v) is 3.06. The van der Waals surface area contributed by atoms with Crippen LogP contribution in [0.25, 0.3) is 0 Å². The Balaban J connectivity index is 1.94. The molecule has 0 saturated carbocycles. The number of benzene rings is 1. The number of likely N-dealkylation sites (N-methyl/N-ethyl adjacent to an activating group) is 1. The van der Waals surface area contributed by atoms with Crippen LogP contribution in [0, 0.1) is 0 Å². The van der Waals surface area contributed by atoms with Gasteiger partial charge in [0.15, 0.2) is 0 Å². The number of rotatable bonds is 8. The lowest BCUT2D eigenvalue weighted by Gasteiger charge is -2.15. The fraction of sp³-hybridized carbons (Fsp3) is 0.438. The molecule has 1 unspecified atom stereocenters. The van der Waals surface area contributed by atoms with Crippen molar-refractivity contribution in [1.29, 1.82) is 0 Å². The first-order chi connectivity index (χ1) is 9.83. The zero-order valence-electron chi connectivity index (χ0n) is 12.1. The molecule has 0 saturated heterocycles. The van der Waals surface area contributed by atoms with Gasteiger partial charge in [0.25, 0.3) is 0 Å². The summed E-state index contributed by atoms with van der Waals surface area (Å²) in [5.41, 5.74) is 2.48. The van der Waals surface area contributed by atoms with Gasteiger partial charge in [-0.05, 0) is 19.0 Å². The molecule has 1 aromatic carbocycles. The van der Waals surface area contributed by atoms with Crippen molar-refractivity contribution in [2.45, 2.75) is 25.3 Å². The number of ether oxygens (including phenoxy) is 1. The number of aryl methyl sites for hydroxylation is 1. The van der Waals surface area contributed by atoms with Gasteiger partial charge in [-0.3, -0.25) is 0 Å². The number of nitrogens with one attached hydrogen (secondary N) is 1. The van der Waals surface area contributed by atoms with Crippen molar-refractivity contribution < 1.29 is 4.74 Å². The highest BCUT2D eigenvalue weighted by atomic mass is 32.1. The van der Waals surface area contributed by atoms with Crippen LogP contribution in [0.1, 0.15) is 28.7 Å². The predicted octanol–water partition coefficient (Wildman–Crippen LogP) is 3.23. The molecule has 108 valence electrons. The van der Waals surface area contributed by atoms with E-state index in [9.17, 15) is 0 Å². The van der Waals surface area contributed by atoms with Crippen LogP contribution in [-0.4, -0.2) is 25.7 Å². The lowest BCUT2D eigenvalue weighted by Crippen LogP contribution is -2.18. The maximum atomic E-state index is 5.08. The molecule has 0 aliphatic heterocycles. The molecule has 1 atom stereocenters. The Bertz CT molecular complexity index is 498. The van der Waals surface area contributed by atoms with E-state index in [1.165, 1.54) is 16.3 Å².